The fourth-order valence-corrected chi connectivity index (χ4v) is 1.02. The summed E-state index contributed by atoms with van der Waals surface area (Å²) in [6.45, 7) is 0. The molecule has 1 aliphatic carbocycles. The van der Waals surface area contributed by atoms with Gasteiger partial charge in [-0.2, -0.15) is 0 Å². The lowest BCUT2D eigenvalue weighted by Gasteiger charge is -2.06. The first-order chi connectivity index (χ1) is 4.86. The fourth-order valence-electron chi connectivity index (χ4n) is 0.696. The molecule has 0 fully saturated rings. The third-order valence-electron chi connectivity index (χ3n) is 1.21. The number of allylic oxidation sites excluding steroid dienone is 2. The zero-order chi connectivity index (χ0) is 7.40. The molecule has 0 aliphatic heterocycles. The molecule has 0 spiro atoms. The molecule has 1 rings (SSSR count). The van der Waals surface area contributed by atoms with Crippen LogP contribution in [0.25, 0.3) is 0 Å². The monoisotopic (exact) mass is 199 g/mol. The van der Waals surface area contributed by atoms with Crippen LogP contribution in [0.2, 0.25) is 0 Å². The highest BCUT2D eigenvalue weighted by molar-refractivity contribution is 9.09. The number of ether oxygens (including phenoxy) is 1. The lowest BCUT2D eigenvalue weighted by atomic mass is 10.1. The maximum absolute atomic E-state index is 5.02. The number of halogens is 1. The highest BCUT2D eigenvalue weighted by Crippen LogP contribution is 2.14. The van der Waals surface area contributed by atoms with Gasteiger partial charge < -0.3 is 4.74 Å². The van der Waals surface area contributed by atoms with Crippen LogP contribution in [0.5, 0.6) is 0 Å². The Morgan fingerprint density at radius 1 is 1.70 bits per heavy atom. The Morgan fingerprint density at radius 2 is 2.50 bits per heavy atom. The lowest BCUT2D eigenvalue weighted by Crippen LogP contribution is -1.94. The summed E-state index contributed by atoms with van der Waals surface area (Å²) in [5.74, 6) is 0.883. The van der Waals surface area contributed by atoms with Crippen LogP contribution in [-0.4, -0.2) is 12.4 Å². The number of hydrogen-bond acceptors (Lipinski definition) is 1. The quantitative estimate of drug-likeness (QED) is 0.490. The summed E-state index contributed by atoms with van der Waals surface area (Å²) in [4.78, 5) is 0. The zero-order valence-corrected chi connectivity index (χ0v) is 7.31. The van der Waals surface area contributed by atoms with E-state index in [9.17, 15) is 0 Å². The van der Waals surface area contributed by atoms with E-state index in [1.807, 2.05) is 18.6 Å². The molecule has 0 aromatic carbocycles. The van der Waals surface area contributed by atoms with Crippen molar-refractivity contribution < 1.29 is 4.74 Å². The minimum Gasteiger partial charge on any atom is -0.500 e. The molecule has 1 nitrogen and oxygen atoms in total. The van der Waals surface area contributed by atoms with Crippen LogP contribution in [0.15, 0.2) is 29.2 Å². The molecule has 0 unspecified atom stereocenters. The largest absolute Gasteiger partial charge is 0.500 e. The van der Waals surface area contributed by atoms with Gasteiger partial charge in [-0.25, -0.2) is 0 Å². The summed E-state index contributed by atoms with van der Waals surface area (Å²) in [5, 5.41) is 0.824. The summed E-state index contributed by atoms with van der Waals surface area (Å²) in [6, 6.07) is 0. The Kier molecular flexibility index (Phi) is 2.79. The van der Waals surface area contributed by atoms with E-state index in [0.717, 1.165) is 16.7 Å². The summed E-state index contributed by atoms with van der Waals surface area (Å²) in [7, 11) is 1.66. The highest BCUT2D eigenvalue weighted by Gasteiger charge is 2.02. The summed E-state index contributed by atoms with van der Waals surface area (Å²) in [5.41, 5.74) is 4.18. The van der Waals surface area contributed by atoms with Gasteiger partial charge in [0.1, 0.15) is 5.76 Å². The molecule has 0 amide bonds. The standard InChI is InChI=1S/C8H8BrO/c1-10-8-4-2-3-7(5-8)6-9/h2,4-5H,6H2,1H3. The van der Waals surface area contributed by atoms with Crippen molar-refractivity contribution in [2.24, 2.45) is 0 Å². The smallest absolute Gasteiger partial charge is 0.105 e. The maximum atomic E-state index is 5.02. The van der Waals surface area contributed by atoms with E-state index in [-0.39, 0.29) is 0 Å². The summed E-state index contributed by atoms with van der Waals surface area (Å²) in [6.07, 6.45) is 5.69. The van der Waals surface area contributed by atoms with Gasteiger partial charge in [-0.05, 0) is 17.7 Å². The van der Waals surface area contributed by atoms with E-state index in [1.165, 1.54) is 0 Å². The molecule has 0 N–H and O–H groups in total. The van der Waals surface area contributed by atoms with Gasteiger partial charge >= 0.3 is 0 Å². The second-order valence-corrected chi connectivity index (χ2v) is 2.45. The van der Waals surface area contributed by atoms with Crippen LogP contribution < -0.4 is 0 Å². The van der Waals surface area contributed by atoms with Crippen LogP contribution in [0.1, 0.15) is 0 Å². The molecule has 2 heteroatoms. The van der Waals surface area contributed by atoms with E-state index in [1.54, 1.807) is 7.11 Å². The summed E-state index contributed by atoms with van der Waals surface area (Å²) < 4.78 is 5.02. The molecule has 0 aromatic rings. The van der Waals surface area contributed by atoms with Gasteiger partial charge in [0.2, 0.25) is 0 Å². The van der Waals surface area contributed by atoms with E-state index < -0.39 is 0 Å². The van der Waals surface area contributed by atoms with Gasteiger partial charge in [0.25, 0.3) is 0 Å². The normalized spacial score (nSPS) is 16.2. The van der Waals surface area contributed by atoms with Crippen molar-refractivity contribution in [3.63, 3.8) is 0 Å². The van der Waals surface area contributed by atoms with Gasteiger partial charge in [0, 0.05) is 5.33 Å². The molecule has 0 bridgehead atoms. The molecular formula is C8H8BrO. The van der Waals surface area contributed by atoms with Gasteiger partial charge in [-0.15, -0.1) is 5.73 Å². The Balaban J connectivity index is 2.66. The van der Waals surface area contributed by atoms with Crippen LogP contribution in [-0.2, 0) is 4.74 Å². The lowest BCUT2D eigenvalue weighted by molar-refractivity contribution is 0.300. The molecule has 53 valence electrons. The van der Waals surface area contributed by atoms with Crippen molar-refractivity contribution in [3.05, 3.63) is 35.6 Å². The van der Waals surface area contributed by atoms with Crippen LogP contribution in [0, 0.1) is 6.42 Å². The number of hydrogen-bond donors (Lipinski definition) is 0. The van der Waals surface area contributed by atoms with Crippen molar-refractivity contribution in [1.29, 1.82) is 0 Å². The SMILES string of the molecule is COC1=CC=C=C(CBr)[CH]1. The van der Waals surface area contributed by atoms with Crippen molar-refractivity contribution >= 4 is 15.9 Å². The fraction of sp³-hybridized carbons (Fsp3) is 0.250. The van der Waals surface area contributed by atoms with Gasteiger partial charge in [-0.3, -0.25) is 0 Å². The van der Waals surface area contributed by atoms with Crippen molar-refractivity contribution in [2.45, 2.75) is 0 Å². The van der Waals surface area contributed by atoms with Gasteiger partial charge in [-0.1, -0.05) is 15.9 Å². The second kappa shape index (κ2) is 3.65. The van der Waals surface area contributed by atoms with E-state index in [4.69, 9.17) is 4.74 Å². The predicted molar refractivity (Wildman–Crippen MR) is 44.8 cm³/mol. The molecule has 10 heavy (non-hydrogen) atoms. The molecule has 0 saturated heterocycles. The first-order valence-electron chi connectivity index (χ1n) is 2.97. The molecule has 1 radical (unpaired) electrons. The van der Waals surface area contributed by atoms with E-state index in [0.29, 0.717) is 0 Å². The van der Waals surface area contributed by atoms with Crippen molar-refractivity contribution in [2.75, 3.05) is 12.4 Å². The average molecular weight is 200 g/mol. The van der Waals surface area contributed by atoms with Crippen molar-refractivity contribution in [1.82, 2.24) is 0 Å². The Morgan fingerprint density at radius 3 is 3.10 bits per heavy atom. The third kappa shape index (κ3) is 1.76. The topological polar surface area (TPSA) is 9.23 Å². The van der Waals surface area contributed by atoms with Gasteiger partial charge in [0.05, 0.1) is 13.5 Å². The molecule has 1 aliphatic rings. The molecular weight excluding hydrogens is 192 g/mol. The van der Waals surface area contributed by atoms with E-state index >= 15 is 0 Å². The van der Waals surface area contributed by atoms with Crippen LogP contribution >= 0.6 is 15.9 Å². The maximum Gasteiger partial charge on any atom is 0.105 e. The zero-order valence-electron chi connectivity index (χ0n) is 5.73. The van der Waals surface area contributed by atoms with Crippen LogP contribution in [0.4, 0.5) is 0 Å². The second-order valence-electron chi connectivity index (χ2n) is 1.89. The van der Waals surface area contributed by atoms with Crippen molar-refractivity contribution in [3.8, 4) is 0 Å². The number of rotatable bonds is 2. The first-order valence-corrected chi connectivity index (χ1v) is 4.09. The number of alkyl halides is 1. The average Bonchev–Trinajstić information content (AvgIpc) is 2.05. The minimum absolute atomic E-state index is 0.824. The molecule has 0 aromatic heterocycles. The predicted octanol–water partition coefficient (Wildman–Crippen LogP) is 2.21. The number of methoxy groups -OCH3 is 1. The van der Waals surface area contributed by atoms with E-state index in [2.05, 4.69) is 21.7 Å². The Labute approximate surface area is 69.2 Å². The Hall–Kier alpha value is -0.460. The highest BCUT2D eigenvalue weighted by atomic mass is 79.9. The third-order valence-corrected chi connectivity index (χ3v) is 1.82. The first kappa shape index (κ1) is 7.64. The molecule has 0 atom stereocenters. The van der Waals surface area contributed by atoms with Crippen LogP contribution in [0.3, 0.4) is 0 Å². The molecule has 0 saturated carbocycles. The minimum atomic E-state index is 0.824. The summed E-state index contributed by atoms with van der Waals surface area (Å²) >= 11 is 3.33. The molecule has 0 heterocycles. The van der Waals surface area contributed by atoms with Gasteiger partial charge in [0.15, 0.2) is 0 Å². The Bertz CT molecular complexity index is 209.